The number of rotatable bonds is 1. The van der Waals surface area contributed by atoms with Crippen molar-refractivity contribution < 1.29 is 18.0 Å². The highest BCUT2D eigenvalue weighted by atomic mass is 35.5. The number of fused-ring (bicyclic) bond motifs is 2. The third-order valence-electron chi connectivity index (χ3n) is 5.13. The Morgan fingerprint density at radius 3 is 2.14 bits per heavy atom. The predicted molar refractivity (Wildman–Crippen MR) is 73.2 cm³/mol. The van der Waals surface area contributed by atoms with Gasteiger partial charge in [-0.15, -0.1) is 11.6 Å². The Bertz CT molecular complexity index is 398. The Labute approximate surface area is 127 Å². The Hall–Kier alpha value is -0.650. The van der Waals surface area contributed by atoms with E-state index in [0.717, 1.165) is 25.7 Å². The van der Waals surface area contributed by atoms with Gasteiger partial charge < -0.3 is 10.2 Å². The van der Waals surface area contributed by atoms with Gasteiger partial charge in [-0.25, -0.2) is 4.79 Å². The van der Waals surface area contributed by atoms with E-state index in [1.54, 1.807) is 4.90 Å². The summed E-state index contributed by atoms with van der Waals surface area (Å²) in [6.45, 7) is 0. The molecular formula is C14H20ClF3N2O. The van der Waals surface area contributed by atoms with Crippen molar-refractivity contribution in [3.05, 3.63) is 0 Å². The van der Waals surface area contributed by atoms with Gasteiger partial charge in [-0.1, -0.05) is 0 Å². The van der Waals surface area contributed by atoms with Gasteiger partial charge in [0.15, 0.2) is 0 Å². The zero-order chi connectivity index (χ0) is 15.2. The van der Waals surface area contributed by atoms with Crippen molar-refractivity contribution in [2.24, 2.45) is 5.92 Å². The van der Waals surface area contributed by atoms with Gasteiger partial charge in [-0.2, -0.15) is 13.2 Å². The van der Waals surface area contributed by atoms with E-state index in [9.17, 15) is 18.0 Å². The van der Waals surface area contributed by atoms with Crippen LogP contribution in [0.15, 0.2) is 0 Å². The highest BCUT2D eigenvalue weighted by Gasteiger charge is 2.54. The first kappa shape index (κ1) is 15.3. The summed E-state index contributed by atoms with van der Waals surface area (Å²) >= 11 is 6.03. The molecule has 2 bridgehead atoms. The third-order valence-corrected chi connectivity index (χ3v) is 5.56. The standard InChI is InChI=1S/C14H20ClF3N2O/c15-9-1-3-10(4-2-9)19-13(21)20-11-5-8(14(16,17)18)6-12(20)7-11/h8-12H,1-7H2,(H,19,21). The second-order valence-electron chi connectivity index (χ2n) is 6.56. The average Bonchev–Trinajstić information content (AvgIpc) is 2.40. The lowest BCUT2D eigenvalue weighted by Crippen LogP contribution is -2.67. The quantitative estimate of drug-likeness (QED) is 0.733. The Balaban J connectivity index is 1.52. The zero-order valence-corrected chi connectivity index (χ0v) is 12.5. The van der Waals surface area contributed by atoms with Crippen LogP contribution < -0.4 is 5.32 Å². The van der Waals surface area contributed by atoms with E-state index in [2.05, 4.69) is 5.32 Å². The van der Waals surface area contributed by atoms with Crippen LogP contribution in [0.3, 0.4) is 0 Å². The Kier molecular flexibility index (Phi) is 4.01. The molecule has 120 valence electrons. The number of amides is 2. The number of hydrogen-bond donors (Lipinski definition) is 1. The summed E-state index contributed by atoms with van der Waals surface area (Å²) in [5.41, 5.74) is 0. The lowest BCUT2D eigenvalue weighted by atomic mass is 9.73. The van der Waals surface area contributed by atoms with Gasteiger partial charge in [0.25, 0.3) is 0 Å². The number of nitrogens with one attached hydrogen (secondary N) is 1. The van der Waals surface area contributed by atoms with Gasteiger partial charge in [0.2, 0.25) is 0 Å². The van der Waals surface area contributed by atoms with Crippen LogP contribution in [-0.2, 0) is 0 Å². The molecule has 7 heteroatoms. The van der Waals surface area contributed by atoms with Crippen molar-refractivity contribution in [2.75, 3.05) is 0 Å². The number of carbonyl (C=O) groups excluding carboxylic acids is 1. The molecule has 0 radical (unpaired) electrons. The maximum absolute atomic E-state index is 12.7. The minimum atomic E-state index is -4.13. The molecule has 0 aromatic carbocycles. The van der Waals surface area contributed by atoms with Crippen molar-refractivity contribution in [3.63, 3.8) is 0 Å². The molecule has 2 aliphatic carbocycles. The maximum Gasteiger partial charge on any atom is 0.391 e. The summed E-state index contributed by atoms with van der Waals surface area (Å²) in [4.78, 5) is 13.9. The zero-order valence-electron chi connectivity index (χ0n) is 11.7. The van der Waals surface area contributed by atoms with Gasteiger partial charge in [0.05, 0.1) is 5.92 Å². The molecule has 2 amide bonds. The van der Waals surface area contributed by atoms with Crippen LogP contribution in [0.5, 0.6) is 0 Å². The maximum atomic E-state index is 12.7. The molecule has 2 unspecified atom stereocenters. The van der Waals surface area contributed by atoms with E-state index in [1.165, 1.54) is 0 Å². The first-order chi connectivity index (χ1) is 9.84. The molecule has 0 aromatic heterocycles. The predicted octanol–water partition coefficient (Wildman–Crippen LogP) is 3.66. The molecule has 1 saturated heterocycles. The number of alkyl halides is 4. The minimum absolute atomic E-state index is 0.0574. The van der Waals surface area contributed by atoms with Crippen LogP contribution >= 0.6 is 11.6 Å². The molecule has 21 heavy (non-hydrogen) atoms. The molecule has 1 N–H and O–H groups in total. The number of carbonyl (C=O) groups is 1. The van der Waals surface area contributed by atoms with Gasteiger partial charge in [-0.3, -0.25) is 0 Å². The second-order valence-corrected chi connectivity index (χ2v) is 7.18. The number of hydrogen-bond acceptors (Lipinski definition) is 1. The van der Waals surface area contributed by atoms with Crippen LogP contribution in [0, 0.1) is 5.92 Å². The van der Waals surface area contributed by atoms with Crippen LogP contribution in [0.4, 0.5) is 18.0 Å². The number of likely N-dealkylation sites (tertiary alicyclic amines) is 1. The van der Waals surface area contributed by atoms with Crippen molar-refractivity contribution in [1.29, 1.82) is 0 Å². The van der Waals surface area contributed by atoms with Crippen LogP contribution in [0.25, 0.3) is 0 Å². The molecule has 1 aliphatic heterocycles. The average molecular weight is 325 g/mol. The summed E-state index contributed by atoms with van der Waals surface area (Å²) in [7, 11) is 0. The number of urea groups is 1. The highest BCUT2D eigenvalue weighted by molar-refractivity contribution is 6.20. The SMILES string of the molecule is O=C(NC1CCC(Cl)CC1)N1C2CC1CC(C(F)(F)F)C2. The van der Waals surface area contributed by atoms with Crippen molar-refractivity contribution >= 4 is 17.6 Å². The smallest absolute Gasteiger partial charge is 0.335 e. The molecule has 0 spiro atoms. The molecule has 2 atom stereocenters. The number of halogens is 4. The fraction of sp³-hybridized carbons (Fsp3) is 0.929. The Morgan fingerprint density at radius 1 is 1.05 bits per heavy atom. The van der Waals surface area contributed by atoms with Crippen LogP contribution in [-0.4, -0.2) is 40.6 Å². The van der Waals surface area contributed by atoms with Crippen molar-refractivity contribution in [2.45, 2.75) is 74.6 Å². The minimum Gasteiger partial charge on any atom is -0.335 e. The molecule has 2 saturated carbocycles. The molecule has 0 aromatic rings. The van der Waals surface area contributed by atoms with Gasteiger partial charge in [0, 0.05) is 23.5 Å². The van der Waals surface area contributed by atoms with Crippen LogP contribution in [0.1, 0.15) is 44.9 Å². The Morgan fingerprint density at radius 2 is 1.62 bits per heavy atom. The van der Waals surface area contributed by atoms with Crippen LogP contribution in [0.2, 0.25) is 0 Å². The topological polar surface area (TPSA) is 32.3 Å². The summed E-state index contributed by atoms with van der Waals surface area (Å²) in [6, 6.07) is -0.540. The van der Waals surface area contributed by atoms with E-state index >= 15 is 0 Å². The summed E-state index contributed by atoms with van der Waals surface area (Å²) in [5.74, 6) is -1.24. The molecule has 3 fully saturated rings. The first-order valence-electron chi connectivity index (χ1n) is 7.64. The van der Waals surface area contributed by atoms with Crippen molar-refractivity contribution in [1.82, 2.24) is 10.2 Å². The summed E-state index contributed by atoms with van der Waals surface area (Å²) in [6.07, 6.45) is 0.184. The van der Waals surface area contributed by atoms with Gasteiger partial charge in [-0.05, 0) is 44.9 Å². The molecular weight excluding hydrogens is 305 g/mol. The molecule has 1 heterocycles. The van der Waals surface area contributed by atoms with Gasteiger partial charge >= 0.3 is 12.2 Å². The monoisotopic (exact) mass is 324 g/mol. The largest absolute Gasteiger partial charge is 0.391 e. The lowest BCUT2D eigenvalue weighted by molar-refractivity contribution is -0.206. The van der Waals surface area contributed by atoms with E-state index < -0.39 is 12.1 Å². The fourth-order valence-electron chi connectivity index (χ4n) is 3.92. The van der Waals surface area contributed by atoms with Gasteiger partial charge in [0.1, 0.15) is 0 Å². The summed E-state index contributed by atoms with van der Waals surface area (Å²) < 4.78 is 38.2. The first-order valence-corrected chi connectivity index (χ1v) is 8.08. The van der Waals surface area contributed by atoms with Crippen molar-refractivity contribution in [3.8, 4) is 0 Å². The number of piperidine rings is 1. The number of nitrogens with zero attached hydrogens (tertiary/aromatic N) is 1. The second kappa shape index (κ2) is 5.52. The molecule has 3 aliphatic rings. The fourth-order valence-corrected chi connectivity index (χ4v) is 4.17. The van der Waals surface area contributed by atoms with E-state index in [0.29, 0.717) is 6.42 Å². The normalized spacial score (nSPS) is 39.6. The van der Waals surface area contributed by atoms with E-state index in [-0.39, 0.29) is 42.4 Å². The highest BCUT2D eigenvalue weighted by Crippen LogP contribution is 2.47. The van der Waals surface area contributed by atoms with E-state index in [4.69, 9.17) is 11.6 Å². The lowest BCUT2D eigenvalue weighted by Gasteiger charge is -2.55. The third kappa shape index (κ3) is 3.10. The molecule has 3 nitrogen and oxygen atoms in total. The van der Waals surface area contributed by atoms with E-state index in [1.807, 2.05) is 0 Å². The molecule has 3 rings (SSSR count). The summed E-state index contributed by atoms with van der Waals surface area (Å²) in [5, 5.41) is 3.16.